The largest absolute Gasteiger partial charge is 0.377 e. The van der Waals surface area contributed by atoms with E-state index in [0.29, 0.717) is 13.1 Å². The van der Waals surface area contributed by atoms with E-state index in [-0.39, 0.29) is 25.1 Å². The summed E-state index contributed by atoms with van der Waals surface area (Å²) < 4.78 is 32.5. The number of carbonyl (C=O) groups excluding carboxylic acids is 2. The molecule has 6 nitrogen and oxygen atoms in total. The van der Waals surface area contributed by atoms with Gasteiger partial charge in [0.1, 0.15) is 17.3 Å². The van der Waals surface area contributed by atoms with Gasteiger partial charge in [0.15, 0.2) is 0 Å². The SMILES string of the molecule is CCN(CC(=O)Nc1c(F)cccc1F)C(=O)CNCC1CCCO1. The van der Waals surface area contributed by atoms with E-state index in [1.807, 2.05) is 0 Å². The predicted octanol–water partition coefficient (Wildman–Crippen LogP) is 1.52. The molecule has 0 bridgehead atoms. The normalized spacial score (nSPS) is 16.7. The molecule has 0 radical (unpaired) electrons. The van der Waals surface area contributed by atoms with Crippen LogP contribution in [0.1, 0.15) is 19.8 Å². The van der Waals surface area contributed by atoms with Crippen molar-refractivity contribution in [3.8, 4) is 0 Å². The molecule has 1 aromatic rings. The minimum absolute atomic E-state index is 0.0784. The molecule has 25 heavy (non-hydrogen) atoms. The topological polar surface area (TPSA) is 70.7 Å². The van der Waals surface area contributed by atoms with Crippen LogP contribution in [-0.2, 0) is 14.3 Å². The number of para-hydroxylation sites is 1. The molecule has 0 aliphatic carbocycles. The summed E-state index contributed by atoms with van der Waals surface area (Å²) in [6, 6.07) is 3.31. The van der Waals surface area contributed by atoms with Crippen LogP contribution < -0.4 is 10.6 Å². The molecule has 1 aromatic carbocycles. The van der Waals surface area contributed by atoms with Crippen molar-refractivity contribution >= 4 is 17.5 Å². The van der Waals surface area contributed by atoms with Crippen molar-refractivity contribution in [2.75, 3.05) is 38.1 Å². The van der Waals surface area contributed by atoms with Crippen molar-refractivity contribution < 1.29 is 23.1 Å². The lowest BCUT2D eigenvalue weighted by Gasteiger charge is -2.21. The van der Waals surface area contributed by atoms with E-state index in [4.69, 9.17) is 4.74 Å². The second kappa shape index (κ2) is 9.43. The number of hydrogen-bond acceptors (Lipinski definition) is 4. The molecule has 138 valence electrons. The number of anilines is 1. The summed E-state index contributed by atoms with van der Waals surface area (Å²) in [6.07, 6.45) is 2.11. The maximum absolute atomic E-state index is 13.5. The van der Waals surface area contributed by atoms with Crippen molar-refractivity contribution in [1.29, 1.82) is 0 Å². The summed E-state index contributed by atoms with van der Waals surface area (Å²) in [5.74, 6) is -2.63. The molecule has 2 N–H and O–H groups in total. The molecule has 0 spiro atoms. The molecule has 1 heterocycles. The number of rotatable bonds is 8. The van der Waals surface area contributed by atoms with Gasteiger partial charge in [-0.25, -0.2) is 8.78 Å². The summed E-state index contributed by atoms with van der Waals surface area (Å²) >= 11 is 0. The van der Waals surface area contributed by atoms with Gasteiger partial charge in [-0.05, 0) is 31.9 Å². The van der Waals surface area contributed by atoms with E-state index >= 15 is 0 Å². The molecule has 1 saturated heterocycles. The minimum atomic E-state index is -0.860. The minimum Gasteiger partial charge on any atom is -0.377 e. The number of halogens is 2. The van der Waals surface area contributed by atoms with Gasteiger partial charge in [0.2, 0.25) is 11.8 Å². The van der Waals surface area contributed by atoms with Crippen molar-refractivity contribution in [3.05, 3.63) is 29.8 Å². The molecule has 2 amide bonds. The van der Waals surface area contributed by atoms with Gasteiger partial charge in [-0.15, -0.1) is 0 Å². The molecule has 1 unspecified atom stereocenters. The summed E-state index contributed by atoms with van der Waals surface area (Å²) in [5.41, 5.74) is -0.507. The first-order chi connectivity index (χ1) is 12.0. The maximum Gasteiger partial charge on any atom is 0.244 e. The quantitative estimate of drug-likeness (QED) is 0.742. The van der Waals surface area contributed by atoms with Gasteiger partial charge in [-0.1, -0.05) is 6.07 Å². The van der Waals surface area contributed by atoms with E-state index in [2.05, 4.69) is 10.6 Å². The Kier molecular flexibility index (Phi) is 7.27. The Morgan fingerprint density at radius 2 is 2.04 bits per heavy atom. The Hall–Kier alpha value is -2.06. The van der Waals surface area contributed by atoms with E-state index in [9.17, 15) is 18.4 Å². The number of amides is 2. The second-order valence-electron chi connectivity index (χ2n) is 5.82. The summed E-state index contributed by atoms with van der Waals surface area (Å²) in [6.45, 7) is 3.17. The van der Waals surface area contributed by atoms with Crippen LogP contribution in [0.2, 0.25) is 0 Å². The van der Waals surface area contributed by atoms with Gasteiger partial charge >= 0.3 is 0 Å². The average Bonchev–Trinajstić information content (AvgIpc) is 3.09. The lowest BCUT2D eigenvalue weighted by molar-refractivity contribution is -0.133. The van der Waals surface area contributed by atoms with Crippen molar-refractivity contribution in [2.45, 2.75) is 25.9 Å². The molecule has 1 aliphatic heterocycles. The number of nitrogens with one attached hydrogen (secondary N) is 2. The van der Waals surface area contributed by atoms with Gasteiger partial charge in [0.05, 0.1) is 19.2 Å². The standard InChI is InChI=1S/C17H23F2N3O3/c1-2-22(16(24)10-20-9-12-5-4-8-25-12)11-15(23)21-17-13(18)6-3-7-14(17)19/h3,6-7,12,20H,2,4-5,8-11H2,1H3,(H,21,23). The summed E-state index contributed by atoms with van der Waals surface area (Å²) in [5, 5.41) is 5.19. The Morgan fingerprint density at radius 1 is 1.32 bits per heavy atom. The highest BCUT2D eigenvalue weighted by molar-refractivity contribution is 5.95. The van der Waals surface area contributed by atoms with Gasteiger partial charge in [-0.2, -0.15) is 0 Å². The lowest BCUT2D eigenvalue weighted by atomic mass is 10.2. The molecule has 8 heteroatoms. The van der Waals surface area contributed by atoms with Gasteiger partial charge in [0.25, 0.3) is 0 Å². The van der Waals surface area contributed by atoms with Crippen molar-refractivity contribution in [2.24, 2.45) is 0 Å². The van der Waals surface area contributed by atoms with E-state index in [1.54, 1.807) is 6.92 Å². The number of ether oxygens (including phenoxy) is 1. The zero-order valence-corrected chi connectivity index (χ0v) is 14.2. The predicted molar refractivity (Wildman–Crippen MR) is 89.1 cm³/mol. The summed E-state index contributed by atoms with van der Waals surface area (Å²) in [4.78, 5) is 25.5. The van der Waals surface area contributed by atoms with Crippen molar-refractivity contribution in [3.63, 3.8) is 0 Å². The highest BCUT2D eigenvalue weighted by Crippen LogP contribution is 2.17. The van der Waals surface area contributed by atoms with Gasteiger partial charge in [0, 0.05) is 19.7 Å². The van der Waals surface area contributed by atoms with E-state index in [1.165, 1.54) is 11.0 Å². The molecule has 0 aromatic heterocycles. The Balaban J connectivity index is 1.81. The summed E-state index contributed by atoms with van der Waals surface area (Å²) in [7, 11) is 0. The van der Waals surface area contributed by atoms with Crippen LogP contribution in [0.5, 0.6) is 0 Å². The molecular formula is C17H23F2N3O3. The third kappa shape index (κ3) is 5.75. The number of likely N-dealkylation sites (N-methyl/N-ethyl adjacent to an activating group) is 1. The molecular weight excluding hydrogens is 332 g/mol. The fourth-order valence-electron chi connectivity index (χ4n) is 2.60. The smallest absolute Gasteiger partial charge is 0.244 e. The zero-order valence-electron chi connectivity index (χ0n) is 14.2. The van der Waals surface area contributed by atoms with Crippen LogP contribution in [0.3, 0.4) is 0 Å². The fourth-order valence-corrected chi connectivity index (χ4v) is 2.60. The van der Waals surface area contributed by atoms with Crippen molar-refractivity contribution in [1.82, 2.24) is 10.2 Å². The van der Waals surface area contributed by atoms with Gasteiger partial charge in [-0.3, -0.25) is 9.59 Å². The number of benzene rings is 1. The molecule has 0 saturated carbocycles. The lowest BCUT2D eigenvalue weighted by Crippen LogP contribution is -2.43. The van der Waals surface area contributed by atoms with Crippen LogP contribution in [0.25, 0.3) is 0 Å². The first-order valence-corrected chi connectivity index (χ1v) is 8.35. The first kappa shape index (κ1) is 19.3. The van der Waals surface area contributed by atoms with Crippen LogP contribution in [0, 0.1) is 11.6 Å². The zero-order chi connectivity index (χ0) is 18.2. The third-order valence-corrected chi connectivity index (χ3v) is 3.97. The number of carbonyl (C=O) groups is 2. The van der Waals surface area contributed by atoms with Crippen LogP contribution >= 0.6 is 0 Å². The Bertz CT molecular complexity index is 587. The maximum atomic E-state index is 13.5. The average molecular weight is 355 g/mol. The first-order valence-electron chi connectivity index (χ1n) is 8.35. The monoisotopic (exact) mass is 355 g/mol. The Morgan fingerprint density at radius 3 is 2.64 bits per heavy atom. The molecule has 2 rings (SSSR count). The molecule has 1 fully saturated rings. The third-order valence-electron chi connectivity index (χ3n) is 3.97. The van der Waals surface area contributed by atoms with Crippen LogP contribution in [0.4, 0.5) is 14.5 Å². The van der Waals surface area contributed by atoms with E-state index < -0.39 is 23.2 Å². The number of nitrogens with zero attached hydrogens (tertiary/aromatic N) is 1. The van der Waals surface area contributed by atoms with Crippen LogP contribution in [0.15, 0.2) is 18.2 Å². The highest BCUT2D eigenvalue weighted by Gasteiger charge is 2.19. The Labute approximate surface area is 145 Å². The van der Waals surface area contributed by atoms with E-state index in [0.717, 1.165) is 31.6 Å². The highest BCUT2D eigenvalue weighted by atomic mass is 19.1. The fraction of sp³-hybridized carbons (Fsp3) is 0.529. The number of hydrogen-bond donors (Lipinski definition) is 2. The van der Waals surface area contributed by atoms with Crippen LogP contribution in [-0.4, -0.2) is 55.6 Å². The van der Waals surface area contributed by atoms with Gasteiger partial charge < -0.3 is 20.3 Å². The molecule has 1 aliphatic rings. The second-order valence-corrected chi connectivity index (χ2v) is 5.82. The molecule has 1 atom stereocenters.